The minimum atomic E-state index is -0.231. The van der Waals surface area contributed by atoms with Crippen LogP contribution in [-0.4, -0.2) is 29.9 Å². The quantitative estimate of drug-likeness (QED) is 0.877. The molecule has 0 spiro atoms. The van der Waals surface area contributed by atoms with E-state index in [4.69, 9.17) is 0 Å². The summed E-state index contributed by atoms with van der Waals surface area (Å²) in [5.41, 5.74) is 1.22. The Hall–Kier alpha value is -2.60. The van der Waals surface area contributed by atoms with Crippen LogP contribution in [0, 0.1) is 0 Å². The van der Waals surface area contributed by atoms with Crippen molar-refractivity contribution in [1.82, 2.24) is 10.3 Å². The maximum absolute atomic E-state index is 12.9. The third-order valence-electron chi connectivity index (χ3n) is 3.35. The molecule has 1 aliphatic rings. The minimum Gasteiger partial charge on any atom is -0.351 e. The largest absolute Gasteiger partial charge is 0.351 e. The van der Waals surface area contributed by atoms with Crippen LogP contribution in [0.25, 0.3) is 0 Å². The Labute approximate surface area is 138 Å². The lowest BCUT2D eigenvalue weighted by molar-refractivity contribution is -0.119. The third kappa shape index (κ3) is 3.12. The van der Waals surface area contributed by atoms with Gasteiger partial charge in [-0.2, -0.15) is 0 Å². The highest BCUT2D eigenvalue weighted by Crippen LogP contribution is 2.39. The number of anilines is 1. The van der Waals surface area contributed by atoms with Gasteiger partial charge in [-0.25, -0.2) is 4.98 Å². The number of amides is 2. The molecule has 0 fully saturated rings. The smallest absolute Gasteiger partial charge is 0.261 e. The van der Waals surface area contributed by atoms with E-state index in [0.29, 0.717) is 22.8 Å². The molecule has 0 bridgehead atoms. The normalized spacial score (nSPS) is 12.9. The van der Waals surface area contributed by atoms with Gasteiger partial charge in [-0.3, -0.25) is 14.5 Å². The van der Waals surface area contributed by atoms with Crippen molar-refractivity contribution in [2.75, 3.05) is 18.0 Å². The van der Waals surface area contributed by atoms with Crippen LogP contribution in [0.4, 0.5) is 5.69 Å². The molecule has 0 atom stereocenters. The van der Waals surface area contributed by atoms with E-state index in [2.05, 4.69) is 16.9 Å². The molecule has 2 amide bonds. The van der Waals surface area contributed by atoms with Crippen molar-refractivity contribution < 1.29 is 9.59 Å². The number of hydrogen-bond acceptors (Lipinski definition) is 4. The van der Waals surface area contributed by atoms with Crippen LogP contribution in [0.1, 0.15) is 10.4 Å². The lowest BCUT2D eigenvalue weighted by Crippen LogP contribution is -2.41. The molecule has 116 valence electrons. The molecule has 0 aliphatic carbocycles. The van der Waals surface area contributed by atoms with Crippen LogP contribution in [0.2, 0.25) is 0 Å². The average molecular weight is 325 g/mol. The topological polar surface area (TPSA) is 62.3 Å². The van der Waals surface area contributed by atoms with E-state index in [1.54, 1.807) is 24.4 Å². The van der Waals surface area contributed by atoms with Gasteiger partial charge >= 0.3 is 0 Å². The number of nitrogens with zero attached hydrogens (tertiary/aromatic N) is 2. The number of benzene rings is 1. The molecule has 2 aromatic rings. The Balaban J connectivity index is 2.01. The van der Waals surface area contributed by atoms with Crippen molar-refractivity contribution >= 4 is 29.3 Å². The van der Waals surface area contributed by atoms with E-state index in [9.17, 15) is 9.59 Å². The fourth-order valence-corrected chi connectivity index (χ4v) is 3.32. The van der Waals surface area contributed by atoms with Gasteiger partial charge in [0.2, 0.25) is 5.91 Å². The zero-order chi connectivity index (χ0) is 16.2. The van der Waals surface area contributed by atoms with Crippen molar-refractivity contribution in [2.45, 2.75) is 9.92 Å². The Kier molecular flexibility index (Phi) is 4.43. The van der Waals surface area contributed by atoms with Gasteiger partial charge in [0.15, 0.2) is 0 Å². The number of nitrogens with one attached hydrogen (secondary N) is 1. The van der Waals surface area contributed by atoms with Crippen LogP contribution in [-0.2, 0) is 4.79 Å². The number of rotatable bonds is 4. The zero-order valence-electron chi connectivity index (χ0n) is 12.4. The SMILES string of the molecule is C=CCNC(=O)CN1C(=O)c2cccnc2Sc2ccccc21. The lowest BCUT2D eigenvalue weighted by atomic mass is 10.2. The molecule has 0 unspecified atom stereocenters. The average Bonchev–Trinajstić information content (AvgIpc) is 2.69. The van der Waals surface area contributed by atoms with Crippen molar-refractivity contribution in [3.8, 4) is 0 Å². The van der Waals surface area contributed by atoms with Crippen molar-refractivity contribution in [2.24, 2.45) is 0 Å². The minimum absolute atomic E-state index is 0.0431. The molecule has 1 aromatic carbocycles. The van der Waals surface area contributed by atoms with Crippen molar-refractivity contribution in [1.29, 1.82) is 0 Å². The van der Waals surface area contributed by atoms with Crippen LogP contribution in [0.3, 0.4) is 0 Å². The summed E-state index contributed by atoms with van der Waals surface area (Å²) >= 11 is 1.43. The summed E-state index contributed by atoms with van der Waals surface area (Å²) in [4.78, 5) is 31.6. The van der Waals surface area contributed by atoms with Gasteiger partial charge in [0.1, 0.15) is 11.6 Å². The molecule has 2 heterocycles. The molecular weight excluding hydrogens is 310 g/mol. The van der Waals surface area contributed by atoms with E-state index in [1.165, 1.54) is 16.7 Å². The number of pyridine rings is 1. The predicted octanol–water partition coefficient (Wildman–Crippen LogP) is 2.50. The summed E-state index contributed by atoms with van der Waals surface area (Å²) in [5, 5.41) is 3.35. The van der Waals surface area contributed by atoms with E-state index in [0.717, 1.165) is 4.90 Å². The number of para-hydroxylation sites is 1. The highest BCUT2D eigenvalue weighted by Gasteiger charge is 2.29. The third-order valence-corrected chi connectivity index (χ3v) is 4.44. The maximum Gasteiger partial charge on any atom is 0.261 e. The van der Waals surface area contributed by atoms with E-state index in [-0.39, 0.29) is 18.4 Å². The van der Waals surface area contributed by atoms with Gasteiger partial charge in [-0.15, -0.1) is 6.58 Å². The molecule has 3 rings (SSSR count). The molecule has 1 N–H and O–H groups in total. The number of carbonyl (C=O) groups is 2. The first-order valence-electron chi connectivity index (χ1n) is 7.12. The van der Waals surface area contributed by atoms with Crippen molar-refractivity contribution in [3.05, 3.63) is 60.8 Å². The highest BCUT2D eigenvalue weighted by molar-refractivity contribution is 7.99. The fraction of sp³-hybridized carbons (Fsp3) is 0.118. The van der Waals surface area contributed by atoms with Gasteiger partial charge in [0.25, 0.3) is 5.91 Å². The Morgan fingerprint density at radius 3 is 2.96 bits per heavy atom. The van der Waals surface area contributed by atoms with Crippen LogP contribution in [0.15, 0.2) is 65.2 Å². The highest BCUT2D eigenvalue weighted by atomic mass is 32.2. The summed E-state index contributed by atoms with van der Waals surface area (Å²) in [6.07, 6.45) is 3.26. The van der Waals surface area contributed by atoms with Gasteiger partial charge in [0.05, 0.1) is 11.3 Å². The van der Waals surface area contributed by atoms with Gasteiger partial charge < -0.3 is 5.32 Å². The second-order valence-electron chi connectivity index (χ2n) is 4.91. The monoisotopic (exact) mass is 325 g/mol. The molecule has 1 aromatic heterocycles. The van der Waals surface area contributed by atoms with Crippen LogP contribution >= 0.6 is 11.8 Å². The number of carbonyl (C=O) groups excluding carboxylic acids is 2. The summed E-state index contributed by atoms with van der Waals surface area (Å²) in [7, 11) is 0. The van der Waals surface area contributed by atoms with E-state index in [1.807, 2.05) is 24.3 Å². The molecule has 6 heteroatoms. The Bertz CT molecular complexity index is 776. The van der Waals surface area contributed by atoms with Gasteiger partial charge in [-0.1, -0.05) is 30.0 Å². The van der Waals surface area contributed by atoms with Crippen LogP contribution < -0.4 is 10.2 Å². The summed E-state index contributed by atoms with van der Waals surface area (Å²) in [6, 6.07) is 11.0. The molecular formula is C17H15N3O2S. The maximum atomic E-state index is 12.9. The predicted molar refractivity (Wildman–Crippen MR) is 89.7 cm³/mol. The summed E-state index contributed by atoms with van der Waals surface area (Å²) in [6.45, 7) is 3.90. The zero-order valence-corrected chi connectivity index (χ0v) is 13.2. The van der Waals surface area contributed by atoms with E-state index >= 15 is 0 Å². The first-order valence-corrected chi connectivity index (χ1v) is 7.93. The second kappa shape index (κ2) is 6.66. The molecule has 0 radical (unpaired) electrons. The van der Waals surface area contributed by atoms with E-state index < -0.39 is 0 Å². The Morgan fingerprint density at radius 2 is 2.13 bits per heavy atom. The molecule has 23 heavy (non-hydrogen) atoms. The second-order valence-corrected chi connectivity index (χ2v) is 5.94. The number of hydrogen-bond donors (Lipinski definition) is 1. The molecule has 0 saturated heterocycles. The first-order chi connectivity index (χ1) is 11.2. The van der Waals surface area contributed by atoms with Gasteiger partial charge in [-0.05, 0) is 24.3 Å². The molecule has 5 nitrogen and oxygen atoms in total. The summed E-state index contributed by atoms with van der Waals surface area (Å²) in [5.74, 6) is -0.454. The summed E-state index contributed by atoms with van der Waals surface area (Å²) < 4.78 is 0. The number of aromatic nitrogens is 1. The first kappa shape index (κ1) is 15.3. The van der Waals surface area contributed by atoms with Crippen LogP contribution in [0.5, 0.6) is 0 Å². The molecule has 0 saturated carbocycles. The van der Waals surface area contributed by atoms with Gasteiger partial charge in [0, 0.05) is 17.6 Å². The number of fused-ring (bicyclic) bond motifs is 2. The molecule has 1 aliphatic heterocycles. The van der Waals surface area contributed by atoms with Crippen molar-refractivity contribution in [3.63, 3.8) is 0 Å². The fourth-order valence-electron chi connectivity index (χ4n) is 2.30. The lowest BCUT2D eigenvalue weighted by Gasteiger charge is -2.22. The Morgan fingerprint density at radius 1 is 1.30 bits per heavy atom. The standard InChI is InChI=1S/C17H15N3O2S/c1-2-9-18-15(21)11-20-13-7-3-4-8-14(13)23-16-12(17(20)22)6-5-10-19-16/h2-8,10H,1,9,11H2,(H,18,21).